The van der Waals surface area contributed by atoms with Gasteiger partial charge in [-0.2, -0.15) is 0 Å². The number of aromatic nitrogens is 3. The smallest absolute Gasteiger partial charge is 0.182 e. The predicted octanol–water partition coefficient (Wildman–Crippen LogP) is 12.8. The molecule has 3 nitrogen and oxygen atoms in total. The first-order chi connectivity index (χ1) is 27.2. The van der Waals surface area contributed by atoms with E-state index < -0.39 is 5.41 Å². The molecule has 8 aromatic rings. The number of benzene rings is 7. The van der Waals surface area contributed by atoms with Crippen molar-refractivity contribution in [3.05, 3.63) is 209 Å². The molecule has 3 heteroatoms. The zero-order valence-electron chi connectivity index (χ0n) is 32.5. The minimum atomic E-state index is -0.515. The topological polar surface area (TPSA) is 38.7 Å². The number of rotatable bonds is 4. The number of fused-ring (bicyclic) bond motifs is 9. The Morgan fingerprint density at radius 2 is 0.911 bits per heavy atom. The van der Waals surface area contributed by atoms with E-state index in [0.717, 1.165) is 39.2 Å². The lowest BCUT2D eigenvalue weighted by Crippen LogP contribution is -2.40. The standard InChI is InChI=1S/C53H43N3/c1-51(2,3)37-30-27-35(28-31-37)50-54-48(49(55-56-50)41-22-10-9-19-38(41)34-17-7-6-8-18-34)36-29-32-45-47(33-36)53(46-26-16-15-25-44(46)52(45,4)5)42-23-13-11-20-39(42)40-21-12-14-24-43(40)53/h6-33H,1-5H3. The quantitative estimate of drug-likeness (QED) is 0.182. The van der Waals surface area contributed by atoms with Crippen molar-refractivity contribution in [3.63, 3.8) is 0 Å². The molecule has 0 saturated carbocycles. The van der Waals surface area contributed by atoms with Gasteiger partial charge in [-0.05, 0) is 72.7 Å². The molecule has 0 unspecified atom stereocenters. The van der Waals surface area contributed by atoms with Crippen molar-refractivity contribution in [2.24, 2.45) is 0 Å². The van der Waals surface area contributed by atoms with E-state index in [1.807, 2.05) is 0 Å². The van der Waals surface area contributed by atoms with Crippen LogP contribution >= 0.6 is 0 Å². The SMILES string of the molecule is CC(C)(C)c1ccc(-c2nnc(-c3ccccc3-c3ccccc3)c(-c3ccc4c(c3)C3(c5ccccc5-c5ccccc53)c3ccccc3C4(C)C)n2)cc1. The van der Waals surface area contributed by atoms with Gasteiger partial charge in [0.15, 0.2) is 5.82 Å². The van der Waals surface area contributed by atoms with Crippen LogP contribution in [0.25, 0.3) is 56.2 Å². The summed E-state index contributed by atoms with van der Waals surface area (Å²) in [5.74, 6) is 0.607. The number of hydrogen-bond donors (Lipinski definition) is 0. The van der Waals surface area contributed by atoms with Crippen LogP contribution in [0.5, 0.6) is 0 Å². The van der Waals surface area contributed by atoms with Crippen LogP contribution in [0.15, 0.2) is 170 Å². The van der Waals surface area contributed by atoms with Gasteiger partial charge in [-0.3, -0.25) is 0 Å². The second-order valence-electron chi connectivity index (χ2n) is 16.8. The molecular weight excluding hydrogens is 679 g/mol. The molecule has 0 radical (unpaired) electrons. The van der Waals surface area contributed by atoms with Gasteiger partial charge in [0, 0.05) is 22.1 Å². The van der Waals surface area contributed by atoms with Crippen molar-refractivity contribution in [2.75, 3.05) is 0 Å². The maximum atomic E-state index is 5.48. The van der Waals surface area contributed by atoms with Crippen LogP contribution in [0.3, 0.4) is 0 Å². The predicted molar refractivity (Wildman–Crippen MR) is 230 cm³/mol. The first-order valence-corrected chi connectivity index (χ1v) is 19.6. The Bertz CT molecular complexity index is 2760. The van der Waals surface area contributed by atoms with Gasteiger partial charge < -0.3 is 0 Å². The summed E-state index contributed by atoms with van der Waals surface area (Å²) in [5, 5.41) is 9.93. The Morgan fingerprint density at radius 1 is 0.393 bits per heavy atom. The van der Waals surface area contributed by atoms with Crippen LogP contribution in [0.4, 0.5) is 0 Å². The first-order valence-electron chi connectivity index (χ1n) is 19.6. The maximum absolute atomic E-state index is 5.48. The third-order valence-electron chi connectivity index (χ3n) is 12.3. The molecule has 0 fully saturated rings. The third-order valence-corrected chi connectivity index (χ3v) is 12.3. The van der Waals surface area contributed by atoms with E-state index in [-0.39, 0.29) is 10.8 Å². The number of hydrogen-bond acceptors (Lipinski definition) is 3. The van der Waals surface area contributed by atoms with Crippen LogP contribution < -0.4 is 0 Å². The van der Waals surface area contributed by atoms with Crippen LogP contribution in [0.1, 0.15) is 73.6 Å². The Kier molecular flexibility index (Phi) is 7.63. The highest BCUT2D eigenvalue weighted by Crippen LogP contribution is 2.62. The van der Waals surface area contributed by atoms with Gasteiger partial charge in [-0.15, -0.1) is 10.2 Å². The van der Waals surface area contributed by atoms with Gasteiger partial charge in [0.05, 0.1) is 5.41 Å². The molecular formula is C53H43N3. The average Bonchev–Trinajstić information content (AvgIpc) is 3.53. The second-order valence-corrected chi connectivity index (χ2v) is 16.8. The van der Waals surface area contributed by atoms with Crippen LogP contribution in [-0.4, -0.2) is 15.2 Å². The van der Waals surface area contributed by atoms with Crippen LogP contribution in [0.2, 0.25) is 0 Å². The van der Waals surface area contributed by atoms with E-state index >= 15 is 0 Å². The van der Waals surface area contributed by atoms with Crippen molar-refractivity contribution in [2.45, 2.75) is 50.9 Å². The lowest BCUT2D eigenvalue weighted by atomic mass is 9.55. The summed E-state index contributed by atoms with van der Waals surface area (Å²) in [4.78, 5) is 5.48. The fraction of sp³-hybridized carbons (Fsp3) is 0.151. The van der Waals surface area contributed by atoms with Gasteiger partial charge >= 0.3 is 0 Å². The summed E-state index contributed by atoms with van der Waals surface area (Å²) >= 11 is 0. The summed E-state index contributed by atoms with van der Waals surface area (Å²) in [6.45, 7) is 11.5. The van der Waals surface area contributed by atoms with Gasteiger partial charge in [0.1, 0.15) is 11.4 Å². The van der Waals surface area contributed by atoms with Gasteiger partial charge in [0.25, 0.3) is 0 Å². The second kappa shape index (κ2) is 12.5. The highest BCUT2D eigenvalue weighted by Gasteiger charge is 2.53. The summed E-state index contributed by atoms with van der Waals surface area (Å²) in [6, 6.07) is 61.8. The first kappa shape index (κ1) is 34.1. The summed E-state index contributed by atoms with van der Waals surface area (Å²) in [5.41, 5.74) is 17.8. The zero-order valence-corrected chi connectivity index (χ0v) is 32.5. The molecule has 2 aliphatic rings. The third kappa shape index (κ3) is 5.00. The molecule has 2 aliphatic carbocycles. The van der Waals surface area contributed by atoms with Crippen LogP contribution in [0, 0.1) is 0 Å². The summed E-state index contributed by atoms with van der Waals surface area (Å²) in [6.07, 6.45) is 0. The Hall–Kier alpha value is -6.45. The van der Waals surface area contributed by atoms with Crippen molar-refractivity contribution < 1.29 is 0 Å². The molecule has 0 aliphatic heterocycles. The lowest BCUT2D eigenvalue weighted by molar-refractivity contribution is 0.563. The number of nitrogens with zero attached hydrogens (tertiary/aromatic N) is 3. The van der Waals surface area contributed by atoms with Gasteiger partial charge in [-0.25, -0.2) is 4.98 Å². The van der Waals surface area contributed by atoms with E-state index in [9.17, 15) is 0 Å². The Morgan fingerprint density at radius 3 is 1.55 bits per heavy atom. The molecule has 56 heavy (non-hydrogen) atoms. The molecule has 1 aromatic heterocycles. The molecule has 0 saturated heterocycles. The molecule has 0 bridgehead atoms. The van der Waals surface area contributed by atoms with Crippen molar-refractivity contribution in [3.8, 4) is 56.2 Å². The molecule has 1 spiro atoms. The summed E-state index contributed by atoms with van der Waals surface area (Å²) < 4.78 is 0. The van der Waals surface area contributed by atoms with Crippen molar-refractivity contribution in [1.29, 1.82) is 0 Å². The fourth-order valence-corrected chi connectivity index (χ4v) is 9.52. The Labute approximate surface area is 329 Å². The van der Waals surface area contributed by atoms with E-state index in [1.165, 1.54) is 50.1 Å². The molecule has 270 valence electrons. The Balaban J connectivity index is 1.27. The molecule has 0 amide bonds. The zero-order chi connectivity index (χ0) is 38.2. The highest BCUT2D eigenvalue weighted by atomic mass is 15.2. The van der Waals surface area contributed by atoms with Gasteiger partial charge in [-0.1, -0.05) is 198 Å². The minimum Gasteiger partial charge on any atom is -0.224 e. The minimum absolute atomic E-state index is 0.0385. The average molecular weight is 722 g/mol. The van der Waals surface area contributed by atoms with E-state index in [2.05, 4.69) is 204 Å². The molecule has 1 heterocycles. The van der Waals surface area contributed by atoms with Gasteiger partial charge in [0.2, 0.25) is 0 Å². The van der Waals surface area contributed by atoms with Crippen LogP contribution in [-0.2, 0) is 16.2 Å². The lowest BCUT2D eigenvalue weighted by Gasteiger charge is -2.46. The summed E-state index contributed by atoms with van der Waals surface area (Å²) in [7, 11) is 0. The molecule has 0 atom stereocenters. The normalized spacial score (nSPS) is 14.4. The van der Waals surface area contributed by atoms with E-state index in [1.54, 1.807) is 0 Å². The van der Waals surface area contributed by atoms with Crippen molar-refractivity contribution >= 4 is 0 Å². The maximum Gasteiger partial charge on any atom is 0.182 e. The molecule has 7 aromatic carbocycles. The highest BCUT2D eigenvalue weighted by molar-refractivity contribution is 5.91. The van der Waals surface area contributed by atoms with E-state index in [0.29, 0.717) is 5.82 Å². The van der Waals surface area contributed by atoms with E-state index in [4.69, 9.17) is 15.2 Å². The van der Waals surface area contributed by atoms with Crippen molar-refractivity contribution in [1.82, 2.24) is 15.2 Å². The largest absolute Gasteiger partial charge is 0.224 e. The monoisotopic (exact) mass is 721 g/mol. The molecule has 10 rings (SSSR count). The fourth-order valence-electron chi connectivity index (χ4n) is 9.52. The molecule has 0 N–H and O–H groups in total.